The molecule has 3 amide bonds. The van der Waals surface area contributed by atoms with Gasteiger partial charge in [-0.1, -0.05) is 31.9 Å². The van der Waals surface area contributed by atoms with Gasteiger partial charge >= 0.3 is 0 Å². The normalized spacial score (nSPS) is 35.7. The number of imide groups is 1. The third kappa shape index (κ3) is 2.97. The minimum Gasteiger partial charge on any atom is -0.378 e. The lowest BCUT2D eigenvalue weighted by Crippen LogP contribution is -2.47. The van der Waals surface area contributed by atoms with Crippen molar-refractivity contribution in [1.82, 2.24) is 9.80 Å². The van der Waals surface area contributed by atoms with Crippen LogP contribution in [0.4, 0.5) is 0 Å². The molecule has 0 N–H and O–H groups in total. The Labute approximate surface area is 145 Å². The molecular formula is C14H18Br2N2O4. The standard InChI is InChI=1S/C14H18Br2N2O4/c15-10-5-8-9(6-11(10)16)14(21)18(13(8)20)7-12(19)17-1-3-22-4-2-17/h8-11H,1-7H2/t8-,9-,10-,11+/m1/s1. The highest BCUT2D eigenvalue weighted by atomic mass is 79.9. The fourth-order valence-corrected chi connectivity index (χ4v) is 4.60. The van der Waals surface area contributed by atoms with Crippen molar-refractivity contribution in [3.05, 3.63) is 0 Å². The first-order chi connectivity index (χ1) is 10.5. The van der Waals surface area contributed by atoms with Crippen LogP contribution in [0.3, 0.4) is 0 Å². The Morgan fingerprint density at radius 1 is 1.05 bits per heavy atom. The van der Waals surface area contributed by atoms with Gasteiger partial charge in [0.15, 0.2) is 0 Å². The van der Waals surface area contributed by atoms with E-state index in [1.807, 2.05) is 0 Å². The van der Waals surface area contributed by atoms with Gasteiger partial charge in [-0.25, -0.2) is 0 Å². The van der Waals surface area contributed by atoms with E-state index >= 15 is 0 Å². The number of hydrogen-bond acceptors (Lipinski definition) is 4. The third-order valence-electron chi connectivity index (χ3n) is 4.66. The topological polar surface area (TPSA) is 66.9 Å². The second-order valence-electron chi connectivity index (χ2n) is 5.97. The zero-order valence-corrected chi connectivity index (χ0v) is 15.2. The Morgan fingerprint density at radius 3 is 2.05 bits per heavy atom. The average Bonchev–Trinajstić information content (AvgIpc) is 2.74. The lowest BCUT2D eigenvalue weighted by Gasteiger charge is -2.29. The number of ether oxygens (including phenoxy) is 1. The van der Waals surface area contributed by atoms with E-state index in [1.54, 1.807) is 4.90 Å². The second kappa shape index (κ2) is 6.57. The molecule has 1 aliphatic carbocycles. The van der Waals surface area contributed by atoms with Crippen LogP contribution in [0.25, 0.3) is 0 Å². The van der Waals surface area contributed by atoms with E-state index < -0.39 is 0 Å². The summed E-state index contributed by atoms with van der Waals surface area (Å²) in [5.41, 5.74) is 0. The smallest absolute Gasteiger partial charge is 0.242 e. The summed E-state index contributed by atoms with van der Waals surface area (Å²) < 4.78 is 5.21. The van der Waals surface area contributed by atoms with Crippen LogP contribution < -0.4 is 0 Å². The highest BCUT2D eigenvalue weighted by Gasteiger charge is 2.52. The molecule has 22 heavy (non-hydrogen) atoms. The summed E-state index contributed by atoms with van der Waals surface area (Å²) >= 11 is 7.11. The van der Waals surface area contributed by atoms with E-state index in [1.165, 1.54) is 0 Å². The molecule has 2 heterocycles. The molecule has 3 aliphatic rings. The fraction of sp³-hybridized carbons (Fsp3) is 0.786. The van der Waals surface area contributed by atoms with Gasteiger partial charge in [0.1, 0.15) is 6.54 Å². The van der Waals surface area contributed by atoms with Crippen LogP contribution in [0, 0.1) is 11.8 Å². The molecule has 0 spiro atoms. The van der Waals surface area contributed by atoms with Crippen LogP contribution in [0.1, 0.15) is 12.8 Å². The van der Waals surface area contributed by atoms with Crippen LogP contribution in [-0.4, -0.2) is 70.0 Å². The summed E-state index contributed by atoms with van der Waals surface area (Å²) in [5.74, 6) is -1.14. The van der Waals surface area contributed by atoms with Crippen molar-refractivity contribution in [3.8, 4) is 0 Å². The molecule has 0 aromatic rings. The molecule has 2 aliphatic heterocycles. The molecule has 0 aromatic carbocycles. The van der Waals surface area contributed by atoms with Crippen LogP contribution in [0.5, 0.6) is 0 Å². The average molecular weight is 438 g/mol. The molecule has 3 fully saturated rings. The highest BCUT2D eigenvalue weighted by Crippen LogP contribution is 2.43. The molecule has 0 radical (unpaired) electrons. The van der Waals surface area contributed by atoms with Crippen LogP contribution in [0.2, 0.25) is 0 Å². The van der Waals surface area contributed by atoms with Gasteiger partial charge in [0.05, 0.1) is 25.0 Å². The molecule has 8 heteroatoms. The maximum absolute atomic E-state index is 12.5. The number of carbonyl (C=O) groups excluding carboxylic acids is 3. The Morgan fingerprint density at radius 2 is 1.55 bits per heavy atom. The highest BCUT2D eigenvalue weighted by molar-refractivity contribution is 9.12. The molecule has 4 atom stereocenters. The summed E-state index contributed by atoms with van der Waals surface area (Å²) in [4.78, 5) is 40.5. The minimum atomic E-state index is -0.289. The largest absolute Gasteiger partial charge is 0.378 e. The number of morpholine rings is 1. The quantitative estimate of drug-likeness (QED) is 0.472. The molecule has 1 saturated carbocycles. The maximum Gasteiger partial charge on any atom is 0.242 e. The maximum atomic E-state index is 12.5. The first-order valence-electron chi connectivity index (χ1n) is 7.48. The zero-order chi connectivity index (χ0) is 15.9. The van der Waals surface area contributed by atoms with Crippen LogP contribution in [0.15, 0.2) is 0 Å². The number of nitrogens with zero attached hydrogens (tertiary/aromatic N) is 2. The molecule has 0 aromatic heterocycles. The van der Waals surface area contributed by atoms with Crippen LogP contribution in [-0.2, 0) is 19.1 Å². The van der Waals surface area contributed by atoms with Gasteiger partial charge in [0.2, 0.25) is 17.7 Å². The van der Waals surface area contributed by atoms with E-state index in [0.29, 0.717) is 39.1 Å². The van der Waals surface area contributed by atoms with Crippen LogP contribution >= 0.6 is 31.9 Å². The number of amides is 3. The van der Waals surface area contributed by atoms with E-state index in [2.05, 4.69) is 31.9 Å². The van der Waals surface area contributed by atoms with Gasteiger partial charge in [-0.05, 0) is 12.8 Å². The molecule has 0 bridgehead atoms. The van der Waals surface area contributed by atoms with E-state index in [0.717, 1.165) is 4.90 Å². The van der Waals surface area contributed by atoms with Crippen molar-refractivity contribution >= 4 is 49.6 Å². The molecule has 3 rings (SSSR count). The Kier molecular flexibility index (Phi) is 4.89. The number of alkyl halides is 2. The lowest BCUT2D eigenvalue weighted by atomic mass is 9.81. The summed E-state index contributed by atoms with van der Waals surface area (Å²) in [6, 6.07) is 0. The lowest BCUT2D eigenvalue weighted by molar-refractivity contribution is -0.148. The number of fused-ring (bicyclic) bond motifs is 1. The van der Waals surface area contributed by atoms with Gasteiger partial charge in [0.25, 0.3) is 0 Å². The van der Waals surface area contributed by atoms with E-state index in [4.69, 9.17) is 4.74 Å². The third-order valence-corrected chi connectivity index (χ3v) is 7.39. The Balaban J connectivity index is 1.68. The predicted molar refractivity (Wildman–Crippen MR) is 85.8 cm³/mol. The van der Waals surface area contributed by atoms with E-state index in [9.17, 15) is 14.4 Å². The number of halogens is 2. The predicted octanol–water partition coefficient (Wildman–Crippen LogP) is 0.767. The number of carbonyl (C=O) groups is 3. The summed E-state index contributed by atoms with van der Waals surface area (Å²) in [7, 11) is 0. The number of likely N-dealkylation sites (tertiary alicyclic amines) is 1. The molecule has 6 nitrogen and oxygen atoms in total. The monoisotopic (exact) mass is 436 g/mol. The van der Waals surface area contributed by atoms with Gasteiger partial charge in [0, 0.05) is 22.7 Å². The first-order valence-corrected chi connectivity index (χ1v) is 9.31. The van der Waals surface area contributed by atoms with Crippen molar-refractivity contribution in [3.63, 3.8) is 0 Å². The molecule has 0 unspecified atom stereocenters. The van der Waals surface area contributed by atoms with Crippen molar-refractivity contribution in [2.24, 2.45) is 11.8 Å². The summed E-state index contributed by atoms with van der Waals surface area (Å²) in [6.45, 7) is 1.93. The summed E-state index contributed by atoms with van der Waals surface area (Å²) in [5, 5.41) is 0. The number of hydrogen-bond donors (Lipinski definition) is 0. The molecular weight excluding hydrogens is 420 g/mol. The van der Waals surface area contributed by atoms with Crippen molar-refractivity contribution in [2.45, 2.75) is 22.5 Å². The second-order valence-corrected chi connectivity index (χ2v) is 8.32. The zero-order valence-electron chi connectivity index (χ0n) is 12.0. The molecule has 122 valence electrons. The van der Waals surface area contributed by atoms with Crippen molar-refractivity contribution in [2.75, 3.05) is 32.8 Å². The van der Waals surface area contributed by atoms with E-state index in [-0.39, 0.29) is 45.8 Å². The molecule has 2 saturated heterocycles. The van der Waals surface area contributed by atoms with Gasteiger partial charge < -0.3 is 9.64 Å². The summed E-state index contributed by atoms with van der Waals surface area (Å²) in [6.07, 6.45) is 1.26. The minimum absolute atomic E-state index is 0.134. The first kappa shape index (κ1) is 16.4. The van der Waals surface area contributed by atoms with Crippen molar-refractivity contribution < 1.29 is 19.1 Å². The fourth-order valence-electron chi connectivity index (χ4n) is 3.37. The number of rotatable bonds is 2. The van der Waals surface area contributed by atoms with Gasteiger partial charge in [-0.15, -0.1) is 0 Å². The van der Waals surface area contributed by atoms with Crippen molar-refractivity contribution in [1.29, 1.82) is 0 Å². The Bertz CT molecular complexity index is 467. The van der Waals surface area contributed by atoms with Gasteiger partial charge in [-0.2, -0.15) is 0 Å². The van der Waals surface area contributed by atoms with Gasteiger partial charge in [-0.3, -0.25) is 19.3 Å². The Hall–Kier alpha value is -0.470. The SMILES string of the molecule is O=C(CN1C(=O)[C@@H]2C[C@@H](Br)[C@@H](Br)C[C@H]2C1=O)N1CCOCC1.